The molecular weight excluding hydrogens is 274 g/mol. The maximum atomic E-state index is 12.1. The summed E-state index contributed by atoms with van der Waals surface area (Å²) in [6.07, 6.45) is -0.0812. The lowest BCUT2D eigenvalue weighted by Gasteiger charge is -2.27. The summed E-state index contributed by atoms with van der Waals surface area (Å²) in [5.74, 6) is 0.108. The van der Waals surface area contributed by atoms with Gasteiger partial charge in [0.2, 0.25) is 0 Å². The molecule has 21 heavy (non-hydrogen) atoms. The van der Waals surface area contributed by atoms with Gasteiger partial charge in [0.1, 0.15) is 11.5 Å². The van der Waals surface area contributed by atoms with E-state index in [-0.39, 0.29) is 25.0 Å². The van der Waals surface area contributed by atoms with Gasteiger partial charge in [-0.2, -0.15) is 0 Å². The molecule has 0 spiro atoms. The van der Waals surface area contributed by atoms with Crippen LogP contribution in [0.25, 0.3) is 0 Å². The third-order valence-electron chi connectivity index (χ3n) is 3.08. The number of benzene rings is 1. The van der Waals surface area contributed by atoms with Gasteiger partial charge < -0.3 is 19.5 Å². The second-order valence-electron chi connectivity index (χ2n) is 4.59. The standard InChI is InChI=1S/C15H21NO5/c1-4-16(11(2)9-15(18)19)14(17)10-21-13-7-5-12(20-3)6-8-13/h5-8,11H,4,9-10H2,1-3H3,(H,18,19). The fourth-order valence-corrected chi connectivity index (χ4v) is 2.00. The van der Waals surface area contributed by atoms with Gasteiger partial charge in [0, 0.05) is 12.6 Å². The van der Waals surface area contributed by atoms with E-state index in [1.165, 1.54) is 4.90 Å². The molecule has 6 nitrogen and oxygen atoms in total. The smallest absolute Gasteiger partial charge is 0.305 e. The zero-order valence-electron chi connectivity index (χ0n) is 12.5. The van der Waals surface area contributed by atoms with Gasteiger partial charge in [-0.05, 0) is 38.1 Å². The lowest BCUT2D eigenvalue weighted by Crippen LogP contribution is -2.42. The summed E-state index contributed by atoms with van der Waals surface area (Å²) in [6, 6.07) is 6.54. The van der Waals surface area contributed by atoms with Crippen molar-refractivity contribution < 1.29 is 24.2 Å². The highest BCUT2D eigenvalue weighted by molar-refractivity contribution is 5.79. The number of likely N-dealkylation sites (N-methyl/N-ethyl adjacent to an activating group) is 1. The van der Waals surface area contributed by atoms with E-state index in [1.807, 2.05) is 6.92 Å². The number of nitrogens with zero attached hydrogens (tertiary/aromatic N) is 1. The number of amides is 1. The first-order valence-corrected chi connectivity index (χ1v) is 6.76. The number of aliphatic carboxylic acids is 1. The number of carboxylic acid groups (broad SMARTS) is 1. The minimum atomic E-state index is -0.926. The summed E-state index contributed by atoms with van der Waals surface area (Å²) >= 11 is 0. The maximum absolute atomic E-state index is 12.1. The molecule has 1 atom stereocenters. The van der Waals surface area contributed by atoms with Crippen molar-refractivity contribution in [3.05, 3.63) is 24.3 Å². The van der Waals surface area contributed by atoms with Crippen LogP contribution in [0.5, 0.6) is 11.5 Å². The van der Waals surface area contributed by atoms with Crippen LogP contribution in [0, 0.1) is 0 Å². The quantitative estimate of drug-likeness (QED) is 0.791. The largest absolute Gasteiger partial charge is 0.497 e. The highest BCUT2D eigenvalue weighted by atomic mass is 16.5. The monoisotopic (exact) mass is 295 g/mol. The van der Waals surface area contributed by atoms with Crippen molar-refractivity contribution in [3.8, 4) is 11.5 Å². The summed E-state index contributed by atoms with van der Waals surface area (Å²) < 4.78 is 10.4. The molecule has 0 aromatic heterocycles. The number of ether oxygens (including phenoxy) is 2. The predicted octanol–water partition coefficient (Wildman–Crippen LogP) is 1.79. The molecule has 0 aliphatic heterocycles. The Kier molecular flexibility index (Phi) is 6.52. The lowest BCUT2D eigenvalue weighted by atomic mass is 10.2. The SMILES string of the molecule is CCN(C(=O)COc1ccc(OC)cc1)C(C)CC(=O)O. The summed E-state index contributed by atoms with van der Waals surface area (Å²) in [5.41, 5.74) is 0. The van der Waals surface area contributed by atoms with Gasteiger partial charge in [-0.15, -0.1) is 0 Å². The highest BCUT2D eigenvalue weighted by Gasteiger charge is 2.21. The van der Waals surface area contributed by atoms with Crippen LogP contribution in [0.15, 0.2) is 24.3 Å². The van der Waals surface area contributed by atoms with Gasteiger partial charge in [-0.3, -0.25) is 9.59 Å². The van der Waals surface area contributed by atoms with Crippen molar-refractivity contribution in [1.82, 2.24) is 4.90 Å². The Balaban J connectivity index is 2.55. The minimum Gasteiger partial charge on any atom is -0.497 e. The minimum absolute atomic E-state index is 0.0812. The van der Waals surface area contributed by atoms with Gasteiger partial charge >= 0.3 is 5.97 Å². The van der Waals surface area contributed by atoms with E-state index >= 15 is 0 Å². The number of methoxy groups -OCH3 is 1. The molecule has 0 saturated carbocycles. The molecule has 1 aromatic carbocycles. The number of carbonyl (C=O) groups is 2. The number of hydrogen-bond donors (Lipinski definition) is 1. The molecule has 0 aliphatic rings. The first-order valence-electron chi connectivity index (χ1n) is 6.76. The molecule has 0 fully saturated rings. The fourth-order valence-electron chi connectivity index (χ4n) is 2.00. The zero-order valence-corrected chi connectivity index (χ0v) is 12.5. The molecule has 0 aliphatic carbocycles. The molecule has 1 aromatic rings. The van der Waals surface area contributed by atoms with Crippen LogP contribution in [0.1, 0.15) is 20.3 Å². The Morgan fingerprint density at radius 2 is 1.81 bits per heavy atom. The van der Waals surface area contributed by atoms with E-state index in [9.17, 15) is 9.59 Å². The van der Waals surface area contributed by atoms with Crippen molar-refractivity contribution in [2.45, 2.75) is 26.3 Å². The Morgan fingerprint density at radius 3 is 2.29 bits per heavy atom. The molecule has 0 saturated heterocycles. The summed E-state index contributed by atoms with van der Waals surface area (Å²) in [5, 5.41) is 8.79. The first-order chi connectivity index (χ1) is 9.97. The van der Waals surface area contributed by atoms with E-state index < -0.39 is 5.97 Å². The Bertz CT molecular complexity index is 471. The second kappa shape index (κ2) is 8.14. The van der Waals surface area contributed by atoms with Crippen molar-refractivity contribution in [2.24, 2.45) is 0 Å². The van der Waals surface area contributed by atoms with Crippen molar-refractivity contribution >= 4 is 11.9 Å². The van der Waals surface area contributed by atoms with Crippen LogP contribution in [0.4, 0.5) is 0 Å². The number of rotatable bonds is 8. The molecular formula is C15H21NO5. The fraction of sp³-hybridized carbons (Fsp3) is 0.467. The Hall–Kier alpha value is -2.24. The Labute approximate surface area is 124 Å². The number of carboxylic acids is 1. The molecule has 1 N–H and O–H groups in total. The third kappa shape index (κ3) is 5.33. The van der Waals surface area contributed by atoms with Crippen molar-refractivity contribution in [2.75, 3.05) is 20.3 Å². The molecule has 1 amide bonds. The van der Waals surface area contributed by atoms with Gasteiger partial charge in [0.25, 0.3) is 5.91 Å². The molecule has 0 heterocycles. The van der Waals surface area contributed by atoms with Gasteiger partial charge in [-0.25, -0.2) is 0 Å². The predicted molar refractivity (Wildman–Crippen MR) is 77.6 cm³/mol. The summed E-state index contributed by atoms with van der Waals surface area (Å²) in [6.45, 7) is 3.84. The van der Waals surface area contributed by atoms with E-state index in [0.29, 0.717) is 18.0 Å². The highest BCUT2D eigenvalue weighted by Crippen LogP contribution is 2.17. The number of hydrogen-bond acceptors (Lipinski definition) is 4. The van der Waals surface area contributed by atoms with Crippen LogP contribution in [0.2, 0.25) is 0 Å². The molecule has 0 bridgehead atoms. The van der Waals surface area contributed by atoms with Crippen LogP contribution < -0.4 is 9.47 Å². The lowest BCUT2D eigenvalue weighted by molar-refractivity contribution is -0.141. The van der Waals surface area contributed by atoms with Crippen molar-refractivity contribution in [3.63, 3.8) is 0 Å². The van der Waals surface area contributed by atoms with Crippen LogP contribution in [0.3, 0.4) is 0 Å². The Morgan fingerprint density at radius 1 is 1.24 bits per heavy atom. The van der Waals surface area contributed by atoms with E-state index in [0.717, 1.165) is 0 Å². The molecule has 1 unspecified atom stereocenters. The normalized spacial score (nSPS) is 11.6. The van der Waals surface area contributed by atoms with Gasteiger partial charge in [0.15, 0.2) is 6.61 Å². The molecule has 0 radical (unpaired) electrons. The van der Waals surface area contributed by atoms with E-state index in [1.54, 1.807) is 38.3 Å². The summed E-state index contributed by atoms with van der Waals surface area (Å²) in [7, 11) is 1.57. The molecule has 1 rings (SSSR count). The second-order valence-corrected chi connectivity index (χ2v) is 4.59. The van der Waals surface area contributed by atoms with Crippen LogP contribution >= 0.6 is 0 Å². The van der Waals surface area contributed by atoms with E-state index in [4.69, 9.17) is 14.6 Å². The third-order valence-corrected chi connectivity index (χ3v) is 3.08. The zero-order chi connectivity index (χ0) is 15.8. The average Bonchev–Trinajstić information content (AvgIpc) is 2.45. The van der Waals surface area contributed by atoms with Gasteiger partial charge in [0.05, 0.1) is 13.5 Å². The topological polar surface area (TPSA) is 76.1 Å². The maximum Gasteiger partial charge on any atom is 0.305 e. The van der Waals surface area contributed by atoms with Crippen LogP contribution in [-0.2, 0) is 9.59 Å². The van der Waals surface area contributed by atoms with Crippen LogP contribution in [-0.4, -0.2) is 48.2 Å². The van der Waals surface area contributed by atoms with E-state index in [2.05, 4.69) is 0 Å². The van der Waals surface area contributed by atoms with Crippen molar-refractivity contribution in [1.29, 1.82) is 0 Å². The van der Waals surface area contributed by atoms with Gasteiger partial charge in [-0.1, -0.05) is 0 Å². The first kappa shape index (κ1) is 16.8. The molecule has 116 valence electrons. The molecule has 6 heteroatoms. The average molecular weight is 295 g/mol. The summed E-state index contributed by atoms with van der Waals surface area (Å²) in [4.78, 5) is 24.3. The number of carbonyl (C=O) groups excluding carboxylic acids is 1.